The maximum absolute atomic E-state index is 13.3. The molecule has 0 spiro atoms. The number of rotatable bonds is 7. The number of benzene rings is 2. The Balaban J connectivity index is 1.79. The SMILES string of the molecule is CC[C@H](C)[C@@H](C(=O)OCC(=O)c1cccc(F)c1)N1C(=O)c2ccccc2C1=O. The van der Waals surface area contributed by atoms with Gasteiger partial charge in [0.25, 0.3) is 11.8 Å². The average molecular weight is 397 g/mol. The lowest BCUT2D eigenvalue weighted by Gasteiger charge is -2.28. The Labute approximate surface area is 167 Å². The first kappa shape index (κ1) is 20.4. The van der Waals surface area contributed by atoms with E-state index in [0.29, 0.717) is 6.42 Å². The molecule has 150 valence electrons. The zero-order valence-electron chi connectivity index (χ0n) is 16.1. The van der Waals surface area contributed by atoms with Crippen LogP contribution in [-0.4, -0.2) is 41.1 Å². The summed E-state index contributed by atoms with van der Waals surface area (Å²) in [4.78, 5) is 51.4. The van der Waals surface area contributed by atoms with E-state index in [1.807, 2.05) is 6.92 Å². The topological polar surface area (TPSA) is 80.8 Å². The van der Waals surface area contributed by atoms with Gasteiger partial charge in [-0.15, -0.1) is 0 Å². The molecule has 6 nitrogen and oxygen atoms in total. The third-order valence-corrected chi connectivity index (χ3v) is 5.02. The van der Waals surface area contributed by atoms with E-state index in [4.69, 9.17) is 4.74 Å². The Kier molecular flexibility index (Phi) is 5.87. The van der Waals surface area contributed by atoms with Crippen molar-refractivity contribution in [2.24, 2.45) is 5.92 Å². The number of hydrogen-bond acceptors (Lipinski definition) is 5. The van der Waals surface area contributed by atoms with E-state index in [-0.39, 0.29) is 22.6 Å². The van der Waals surface area contributed by atoms with Gasteiger partial charge in [-0.05, 0) is 30.2 Å². The van der Waals surface area contributed by atoms with Crippen LogP contribution in [0.2, 0.25) is 0 Å². The number of Topliss-reactive ketones (excluding diaryl/α,β-unsaturated/α-hetero) is 1. The molecule has 0 saturated carbocycles. The molecule has 0 bridgehead atoms. The molecule has 1 heterocycles. The highest BCUT2D eigenvalue weighted by atomic mass is 19.1. The molecule has 0 saturated heterocycles. The second-order valence-corrected chi connectivity index (χ2v) is 6.90. The van der Waals surface area contributed by atoms with E-state index in [0.717, 1.165) is 11.0 Å². The van der Waals surface area contributed by atoms with Crippen molar-refractivity contribution in [1.82, 2.24) is 4.90 Å². The van der Waals surface area contributed by atoms with E-state index in [9.17, 15) is 23.6 Å². The molecule has 0 N–H and O–H groups in total. The minimum absolute atomic E-state index is 0.0682. The Morgan fingerprint density at radius 3 is 2.21 bits per heavy atom. The molecule has 0 aliphatic carbocycles. The van der Waals surface area contributed by atoms with Crippen molar-refractivity contribution >= 4 is 23.6 Å². The molecule has 1 aliphatic heterocycles. The predicted octanol–water partition coefficient (Wildman–Crippen LogP) is 3.26. The lowest BCUT2D eigenvalue weighted by molar-refractivity contribution is -0.149. The van der Waals surface area contributed by atoms with Crippen molar-refractivity contribution in [1.29, 1.82) is 0 Å². The molecule has 0 aromatic heterocycles. The molecule has 2 amide bonds. The van der Waals surface area contributed by atoms with Gasteiger partial charge in [0, 0.05) is 5.56 Å². The van der Waals surface area contributed by atoms with Gasteiger partial charge in [0.15, 0.2) is 12.4 Å². The summed E-state index contributed by atoms with van der Waals surface area (Å²) in [6.45, 7) is 2.93. The molecule has 2 aromatic rings. The van der Waals surface area contributed by atoms with Gasteiger partial charge in [-0.1, -0.05) is 44.5 Å². The number of ether oxygens (including phenoxy) is 1. The van der Waals surface area contributed by atoms with E-state index < -0.39 is 42.0 Å². The van der Waals surface area contributed by atoms with Crippen LogP contribution in [0.5, 0.6) is 0 Å². The van der Waals surface area contributed by atoms with E-state index >= 15 is 0 Å². The van der Waals surface area contributed by atoms with Crippen LogP contribution in [0.3, 0.4) is 0 Å². The van der Waals surface area contributed by atoms with Gasteiger partial charge >= 0.3 is 5.97 Å². The van der Waals surface area contributed by atoms with Crippen LogP contribution in [0, 0.1) is 11.7 Å². The average Bonchev–Trinajstić information content (AvgIpc) is 2.97. The van der Waals surface area contributed by atoms with Gasteiger partial charge in [-0.2, -0.15) is 0 Å². The molecule has 1 aliphatic rings. The normalized spacial score (nSPS) is 15.1. The van der Waals surface area contributed by atoms with Gasteiger partial charge < -0.3 is 4.74 Å². The first-order valence-corrected chi connectivity index (χ1v) is 9.27. The number of fused-ring (bicyclic) bond motifs is 1. The molecule has 7 heteroatoms. The number of carbonyl (C=O) groups excluding carboxylic acids is 4. The van der Waals surface area contributed by atoms with Crippen LogP contribution < -0.4 is 0 Å². The van der Waals surface area contributed by atoms with Gasteiger partial charge in [-0.3, -0.25) is 19.3 Å². The van der Waals surface area contributed by atoms with Crippen LogP contribution in [0.1, 0.15) is 51.3 Å². The minimum Gasteiger partial charge on any atom is -0.456 e. The van der Waals surface area contributed by atoms with Crippen LogP contribution in [-0.2, 0) is 9.53 Å². The van der Waals surface area contributed by atoms with Crippen molar-refractivity contribution in [3.63, 3.8) is 0 Å². The Morgan fingerprint density at radius 2 is 1.66 bits per heavy atom. The summed E-state index contributed by atoms with van der Waals surface area (Å²) in [5, 5.41) is 0. The number of imide groups is 1. The number of hydrogen-bond donors (Lipinski definition) is 0. The van der Waals surface area contributed by atoms with Crippen molar-refractivity contribution in [2.45, 2.75) is 26.3 Å². The summed E-state index contributed by atoms with van der Waals surface area (Å²) in [6.07, 6.45) is 0.505. The summed E-state index contributed by atoms with van der Waals surface area (Å²) in [5.41, 5.74) is 0.530. The van der Waals surface area contributed by atoms with Crippen LogP contribution in [0.25, 0.3) is 0 Å². The standard InChI is InChI=1S/C22H20FNO5/c1-3-13(2)19(24-20(26)16-9-4-5-10-17(16)21(24)27)22(28)29-12-18(25)14-7-6-8-15(23)11-14/h4-11,13,19H,3,12H2,1-2H3/t13-,19-/m0/s1. The molecular formula is C22H20FNO5. The van der Waals surface area contributed by atoms with Crippen molar-refractivity contribution in [2.75, 3.05) is 6.61 Å². The maximum atomic E-state index is 13.3. The number of ketones is 1. The van der Waals surface area contributed by atoms with Gasteiger partial charge in [-0.25, -0.2) is 9.18 Å². The summed E-state index contributed by atoms with van der Waals surface area (Å²) in [7, 11) is 0. The van der Waals surface area contributed by atoms with Crippen LogP contribution in [0.4, 0.5) is 4.39 Å². The van der Waals surface area contributed by atoms with Gasteiger partial charge in [0.1, 0.15) is 11.9 Å². The summed E-state index contributed by atoms with van der Waals surface area (Å²) < 4.78 is 18.4. The number of esters is 1. The van der Waals surface area contributed by atoms with E-state index in [1.165, 1.54) is 30.3 Å². The molecule has 0 fully saturated rings. The highest BCUT2D eigenvalue weighted by molar-refractivity contribution is 6.22. The monoisotopic (exact) mass is 397 g/mol. The van der Waals surface area contributed by atoms with Crippen LogP contribution in [0.15, 0.2) is 48.5 Å². The predicted molar refractivity (Wildman–Crippen MR) is 102 cm³/mol. The largest absolute Gasteiger partial charge is 0.456 e. The van der Waals surface area contributed by atoms with Gasteiger partial charge in [0.2, 0.25) is 0 Å². The Hall–Kier alpha value is -3.35. The molecular weight excluding hydrogens is 377 g/mol. The summed E-state index contributed by atoms with van der Waals surface area (Å²) >= 11 is 0. The zero-order valence-corrected chi connectivity index (χ0v) is 16.1. The van der Waals surface area contributed by atoms with Gasteiger partial charge in [0.05, 0.1) is 11.1 Å². The molecule has 0 unspecified atom stereocenters. The highest BCUT2D eigenvalue weighted by Crippen LogP contribution is 2.28. The van der Waals surface area contributed by atoms with Crippen molar-refractivity contribution in [3.05, 3.63) is 71.0 Å². The number of nitrogens with zero attached hydrogens (tertiary/aromatic N) is 1. The second-order valence-electron chi connectivity index (χ2n) is 6.90. The third-order valence-electron chi connectivity index (χ3n) is 5.02. The first-order chi connectivity index (χ1) is 13.8. The molecule has 29 heavy (non-hydrogen) atoms. The minimum atomic E-state index is -1.16. The molecule has 3 rings (SSSR count). The Morgan fingerprint density at radius 1 is 1.03 bits per heavy atom. The molecule has 2 aromatic carbocycles. The van der Waals surface area contributed by atoms with Crippen LogP contribution >= 0.6 is 0 Å². The lowest BCUT2D eigenvalue weighted by atomic mass is 9.97. The third kappa shape index (κ3) is 3.94. The highest BCUT2D eigenvalue weighted by Gasteiger charge is 2.45. The Bertz CT molecular complexity index is 952. The summed E-state index contributed by atoms with van der Waals surface area (Å²) in [6, 6.07) is 10.2. The maximum Gasteiger partial charge on any atom is 0.330 e. The molecule has 2 atom stereocenters. The summed E-state index contributed by atoms with van der Waals surface area (Å²) in [5.74, 6) is -3.52. The second kappa shape index (κ2) is 8.34. The van der Waals surface area contributed by atoms with Crippen molar-refractivity contribution < 1.29 is 28.3 Å². The number of halogens is 1. The fraction of sp³-hybridized carbons (Fsp3) is 0.273. The van der Waals surface area contributed by atoms with E-state index in [2.05, 4.69) is 0 Å². The smallest absolute Gasteiger partial charge is 0.330 e. The lowest BCUT2D eigenvalue weighted by Crippen LogP contribution is -2.49. The first-order valence-electron chi connectivity index (χ1n) is 9.27. The quantitative estimate of drug-likeness (QED) is 0.407. The zero-order chi connectivity index (χ0) is 21.1. The molecule has 0 radical (unpaired) electrons. The fourth-order valence-electron chi connectivity index (χ4n) is 3.24. The number of amides is 2. The van der Waals surface area contributed by atoms with E-state index in [1.54, 1.807) is 19.1 Å². The number of carbonyl (C=O) groups is 4. The fourth-order valence-corrected chi connectivity index (χ4v) is 3.24. The van der Waals surface area contributed by atoms with Crippen molar-refractivity contribution in [3.8, 4) is 0 Å².